The van der Waals surface area contributed by atoms with Gasteiger partial charge in [-0.05, 0) is 52.7 Å². The molecule has 0 aliphatic heterocycles. The molecule has 2 rings (SSSR count). The number of ether oxygens (including phenoxy) is 2. The average Bonchev–Trinajstić information content (AvgIpc) is 2.49. The summed E-state index contributed by atoms with van der Waals surface area (Å²) in [7, 11) is 0. The topological polar surface area (TPSA) is 42.2 Å². The lowest BCUT2D eigenvalue weighted by atomic mass is 10.2. The number of nitrogens with zero attached hydrogens (tertiary/aromatic N) is 1. The largest absolute Gasteiger partial charge is 0.490 e. The molecule has 2 aromatic carbocycles. The molecule has 0 aromatic heterocycles. The molecule has 0 fully saturated rings. The van der Waals surface area contributed by atoms with Crippen LogP contribution in [0.15, 0.2) is 40.9 Å². The molecule has 0 saturated heterocycles. The molecule has 0 unspecified atom stereocenters. The maximum absolute atomic E-state index is 13.2. The summed E-state index contributed by atoms with van der Waals surface area (Å²) in [5, 5.41) is 8.90. The van der Waals surface area contributed by atoms with E-state index in [0.29, 0.717) is 28.1 Å². The van der Waals surface area contributed by atoms with Gasteiger partial charge in [0.05, 0.1) is 22.7 Å². The van der Waals surface area contributed by atoms with Gasteiger partial charge < -0.3 is 9.47 Å². The van der Waals surface area contributed by atoms with Crippen LogP contribution in [0.5, 0.6) is 11.5 Å². The third-order valence-corrected chi connectivity index (χ3v) is 3.36. The zero-order valence-corrected chi connectivity index (χ0v) is 13.0. The normalized spacial score (nSPS) is 10.0. The molecule has 0 aliphatic rings. The highest BCUT2D eigenvalue weighted by atomic mass is 79.9. The first-order valence-corrected chi connectivity index (χ1v) is 7.17. The summed E-state index contributed by atoms with van der Waals surface area (Å²) in [6, 6.07) is 11.8. The van der Waals surface area contributed by atoms with Gasteiger partial charge in [-0.15, -0.1) is 0 Å². The van der Waals surface area contributed by atoms with E-state index < -0.39 is 0 Å². The fraction of sp³-hybridized carbons (Fsp3) is 0.188. The minimum absolute atomic E-state index is 0.283. The molecule has 0 bridgehead atoms. The van der Waals surface area contributed by atoms with Crippen molar-refractivity contribution in [3.8, 4) is 17.6 Å². The van der Waals surface area contributed by atoms with Gasteiger partial charge in [0.1, 0.15) is 12.4 Å². The lowest BCUT2D eigenvalue weighted by Crippen LogP contribution is -2.00. The van der Waals surface area contributed by atoms with E-state index >= 15 is 0 Å². The summed E-state index contributed by atoms with van der Waals surface area (Å²) in [6.45, 7) is 2.62. The second-order valence-electron chi connectivity index (χ2n) is 4.24. The summed E-state index contributed by atoms with van der Waals surface area (Å²) in [5.74, 6) is 0.765. The first-order chi connectivity index (χ1) is 10.1. The van der Waals surface area contributed by atoms with E-state index in [0.717, 1.165) is 5.56 Å². The number of halogens is 2. The average molecular weight is 350 g/mol. The van der Waals surface area contributed by atoms with Crippen LogP contribution in [-0.2, 0) is 6.61 Å². The van der Waals surface area contributed by atoms with E-state index in [9.17, 15) is 4.39 Å². The van der Waals surface area contributed by atoms with Gasteiger partial charge in [-0.2, -0.15) is 5.26 Å². The van der Waals surface area contributed by atoms with Crippen molar-refractivity contribution < 1.29 is 13.9 Å². The van der Waals surface area contributed by atoms with Gasteiger partial charge in [0.25, 0.3) is 0 Å². The molecule has 0 atom stereocenters. The Balaban J connectivity index is 2.15. The predicted molar refractivity (Wildman–Crippen MR) is 80.8 cm³/mol. The second kappa shape index (κ2) is 7.09. The predicted octanol–water partition coefficient (Wildman–Crippen LogP) is 4.44. The van der Waals surface area contributed by atoms with Crippen molar-refractivity contribution in [2.24, 2.45) is 0 Å². The number of benzene rings is 2. The van der Waals surface area contributed by atoms with E-state index in [2.05, 4.69) is 22.0 Å². The molecule has 0 saturated carbocycles. The number of hydrogen-bond acceptors (Lipinski definition) is 3. The summed E-state index contributed by atoms with van der Waals surface area (Å²) in [5.41, 5.74) is 1.34. The Morgan fingerprint density at radius 3 is 2.62 bits per heavy atom. The van der Waals surface area contributed by atoms with E-state index in [-0.39, 0.29) is 12.4 Å². The molecule has 0 radical (unpaired) electrons. The zero-order chi connectivity index (χ0) is 15.2. The number of nitriles is 1. The van der Waals surface area contributed by atoms with Crippen molar-refractivity contribution in [1.29, 1.82) is 5.26 Å². The van der Waals surface area contributed by atoms with Crippen LogP contribution >= 0.6 is 15.9 Å². The molecule has 0 heterocycles. The van der Waals surface area contributed by atoms with Crippen LogP contribution in [0.25, 0.3) is 0 Å². The van der Waals surface area contributed by atoms with E-state index in [1.54, 1.807) is 30.3 Å². The molecular formula is C16H13BrFNO2. The van der Waals surface area contributed by atoms with Gasteiger partial charge in [0.2, 0.25) is 0 Å². The smallest absolute Gasteiger partial charge is 0.162 e. The van der Waals surface area contributed by atoms with Crippen molar-refractivity contribution in [3.63, 3.8) is 0 Å². The standard InChI is InChI=1S/C16H13BrFNO2/c1-2-20-16-8-11(9-19)4-6-15(16)21-10-12-3-5-14(18)13(17)7-12/h3-8H,2,10H2,1H3. The lowest BCUT2D eigenvalue weighted by molar-refractivity contribution is 0.269. The Morgan fingerprint density at radius 2 is 1.95 bits per heavy atom. The Hall–Kier alpha value is -2.06. The van der Waals surface area contributed by atoms with Crippen LogP contribution in [0.3, 0.4) is 0 Å². The van der Waals surface area contributed by atoms with Crippen molar-refractivity contribution in [1.82, 2.24) is 0 Å². The van der Waals surface area contributed by atoms with E-state index in [1.165, 1.54) is 6.07 Å². The molecule has 5 heteroatoms. The zero-order valence-electron chi connectivity index (χ0n) is 11.4. The van der Waals surface area contributed by atoms with Gasteiger partial charge in [0, 0.05) is 6.07 Å². The minimum Gasteiger partial charge on any atom is -0.490 e. The fourth-order valence-corrected chi connectivity index (χ4v) is 2.18. The van der Waals surface area contributed by atoms with E-state index in [1.807, 2.05) is 6.92 Å². The van der Waals surface area contributed by atoms with Crippen LogP contribution in [0.1, 0.15) is 18.1 Å². The van der Waals surface area contributed by atoms with Crippen molar-refractivity contribution >= 4 is 15.9 Å². The Labute approximate surface area is 131 Å². The van der Waals surface area contributed by atoms with Crippen LogP contribution in [0.2, 0.25) is 0 Å². The monoisotopic (exact) mass is 349 g/mol. The minimum atomic E-state index is -0.313. The molecule has 0 spiro atoms. The fourth-order valence-electron chi connectivity index (χ4n) is 1.76. The van der Waals surface area contributed by atoms with Crippen LogP contribution in [-0.4, -0.2) is 6.61 Å². The summed E-state index contributed by atoms with van der Waals surface area (Å²) in [6.07, 6.45) is 0. The molecule has 0 aliphatic carbocycles. The molecule has 108 valence electrons. The summed E-state index contributed by atoms with van der Waals surface area (Å²) >= 11 is 3.14. The first-order valence-electron chi connectivity index (χ1n) is 6.37. The van der Waals surface area contributed by atoms with Gasteiger partial charge in [-0.25, -0.2) is 4.39 Å². The Kier molecular flexibility index (Phi) is 5.18. The second-order valence-corrected chi connectivity index (χ2v) is 5.10. The highest BCUT2D eigenvalue weighted by Crippen LogP contribution is 2.29. The molecular weight excluding hydrogens is 337 g/mol. The molecule has 2 aromatic rings. The maximum Gasteiger partial charge on any atom is 0.162 e. The summed E-state index contributed by atoms with van der Waals surface area (Å²) in [4.78, 5) is 0. The highest BCUT2D eigenvalue weighted by molar-refractivity contribution is 9.10. The maximum atomic E-state index is 13.2. The Morgan fingerprint density at radius 1 is 1.14 bits per heavy atom. The Bertz CT molecular complexity index is 682. The first kappa shape index (κ1) is 15.3. The van der Waals surface area contributed by atoms with Crippen molar-refractivity contribution in [3.05, 3.63) is 57.8 Å². The lowest BCUT2D eigenvalue weighted by Gasteiger charge is -2.12. The van der Waals surface area contributed by atoms with Crippen LogP contribution < -0.4 is 9.47 Å². The van der Waals surface area contributed by atoms with Crippen LogP contribution in [0.4, 0.5) is 4.39 Å². The highest BCUT2D eigenvalue weighted by Gasteiger charge is 2.08. The molecule has 3 nitrogen and oxygen atoms in total. The quantitative estimate of drug-likeness (QED) is 0.801. The molecule has 21 heavy (non-hydrogen) atoms. The third kappa shape index (κ3) is 3.96. The number of hydrogen-bond donors (Lipinski definition) is 0. The van der Waals surface area contributed by atoms with Gasteiger partial charge >= 0.3 is 0 Å². The van der Waals surface area contributed by atoms with Gasteiger partial charge in [-0.1, -0.05) is 6.07 Å². The molecule has 0 N–H and O–H groups in total. The molecule has 0 amide bonds. The van der Waals surface area contributed by atoms with E-state index in [4.69, 9.17) is 14.7 Å². The van der Waals surface area contributed by atoms with Crippen LogP contribution in [0, 0.1) is 17.1 Å². The van der Waals surface area contributed by atoms with Gasteiger partial charge in [0.15, 0.2) is 11.5 Å². The van der Waals surface area contributed by atoms with Crippen molar-refractivity contribution in [2.75, 3.05) is 6.61 Å². The van der Waals surface area contributed by atoms with Crippen molar-refractivity contribution in [2.45, 2.75) is 13.5 Å². The SMILES string of the molecule is CCOc1cc(C#N)ccc1OCc1ccc(F)c(Br)c1. The third-order valence-electron chi connectivity index (χ3n) is 2.75. The van der Waals surface area contributed by atoms with Gasteiger partial charge in [-0.3, -0.25) is 0 Å². The number of rotatable bonds is 5. The summed E-state index contributed by atoms with van der Waals surface area (Å²) < 4.78 is 24.7.